The van der Waals surface area contributed by atoms with Crippen molar-refractivity contribution in [2.45, 2.75) is 0 Å². The molecule has 0 spiro atoms. The summed E-state index contributed by atoms with van der Waals surface area (Å²) < 4.78 is 1.84. The van der Waals surface area contributed by atoms with Crippen molar-refractivity contribution in [2.24, 2.45) is 4.99 Å². The Morgan fingerprint density at radius 3 is 2.67 bits per heavy atom. The zero-order chi connectivity index (χ0) is 17.1. The van der Waals surface area contributed by atoms with Crippen LogP contribution in [0, 0.1) is 0 Å². The van der Waals surface area contributed by atoms with E-state index < -0.39 is 5.97 Å². The first-order chi connectivity index (χ1) is 11.6. The van der Waals surface area contributed by atoms with Crippen molar-refractivity contribution in [1.82, 2.24) is 4.57 Å². The van der Waals surface area contributed by atoms with E-state index in [0.29, 0.717) is 15.7 Å². The van der Waals surface area contributed by atoms with Crippen LogP contribution >= 0.6 is 23.2 Å². The highest BCUT2D eigenvalue weighted by molar-refractivity contribution is 6.43. The fourth-order valence-electron chi connectivity index (χ4n) is 2.25. The summed E-state index contributed by atoms with van der Waals surface area (Å²) in [6, 6.07) is 15.6. The van der Waals surface area contributed by atoms with Gasteiger partial charge in [0.05, 0.1) is 33.2 Å². The van der Waals surface area contributed by atoms with E-state index in [2.05, 4.69) is 4.99 Å². The average Bonchev–Trinajstić information content (AvgIpc) is 3.05. The number of aromatic nitrogens is 1. The van der Waals surface area contributed by atoms with Gasteiger partial charge in [-0.1, -0.05) is 35.3 Å². The molecule has 3 aromatic rings. The van der Waals surface area contributed by atoms with E-state index in [1.807, 2.05) is 29.0 Å². The van der Waals surface area contributed by atoms with Gasteiger partial charge in [-0.2, -0.15) is 0 Å². The molecule has 0 atom stereocenters. The summed E-state index contributed by atoms with van der Waals surface area (Å²) in [5, 5.41) is 9.95. The summed E-state index contributed by atoms with van der Waals surface area (Å²) in [5.74, 6) is -0.968. The molecule has 0 unspecified atom stereocenters. The molecule has 2 aromatic carbocycles. The summed E-state index contributed by atoms with van der Waals surface area (Å²) in [4.78, 5) is 15.5. The van der Waals surface area contributed by atoms with Crippen LogP contribution in [0.25, 0.3) is 5.69 Å². The SMILES string of the molecule is O=C(O)c1cccc(-n2cccc2C=Nc2cccc(Cl)c2Cl)c1. The number of hydrogen-bond acceptors (Lipinski definition) is 2. The summed E-state index contributed by atoms with van der Waals surface area (Å²) >= 11 is 12.1. The monoisotopic (exact) mass is 358 g/mol. The maximum absolute atomic E-state index is 11.1. The molecule has 1 aromatic heterocycles. The van der Waals surface area contributed by atoms with E-state index in [1.165, 1.54) is 0 Å². The molecule has 0 saturated carbocycles. The Kier molecular flexibility index (Phi) is 4.69. The van der Waals surface area contributed by atoms with Gasteiger partial charge in [0.25, 0.3) is 0 Å². The second-order valence-electron chi connectivity index (χ2n) is 4.99. The first-order valence-corrected chi connectivity index (χ1v) is 7.81. The molecule has 120 valence electrons. The van der Waals surface area contributed by atoms with Crippen LogP contribution in [0.4, 0.5) is 5.69 Å². The van der Waals surface area contributed by atoms with Crippen molar-refractivity contribution in [3.05, 3.63) is 82.1 Å². The molecule has 0 aliphatic heterocycles. The van der Waals surface area contributed by atoms with E-state index in [0.717, 1.165) is 11.4 Å². The Labute approximate surface area is 148 Å². The molecule has 0 aliphatic rings. The summed E-state index contributed by atoms with van der Waals surface area (Å²) in [6.45, 7) is 0. The standard InChI is InChI=1S/C18H12Cl2N2O2/c19-15-7-2-8-16(17(15)20)21-11-14-6-3-9-22(14)13-5-1-4-12(10-13)18(23)24/h1-11H,(H,23,24). The fourth-order valence-corrected chi connectivity index (χ4v) is 2.60. The predicted molar refractivity (Wildman–Crippen MR) is 96.4 cm³/mol. The second kappa shape index (κ2) is 6.91. The first-order valence-electron chi connectivity index (χ1n) is 7.05. The van der Waals surface area contributed by atoms with Gasteiger partial charge in [0, 0.05) is 11.9 Å². The van der Waals surface area contributed by atoms with E-state index in [4.69, 9.17) is 28.3 Å². The molecule has 0 radical (unpaired) electrons. The van der Waals surface area contributed by atoms with Gasteiger partial charge in [-0.3, -0.25) is 4.99 Å². The third kappa shape index (κ3) is 3.35. The molecule has 1 heterocycles. The summed E-state index contributed by atoms with van der Waals surface area (Å²) in [7, 11) is 0. The lowest BCUT2D eigenvalue weighted by Crippen LogP contribution is -2.01. The van der Waals surface area contributed by atoms with Gasteiger partial charge in [-0.15, -0.1) is 0 Å². The van der Waals surface area contributed by atoms with Crippen LogP contribution in [0.3, 0.4) is 0 Å². The lowest BCUT2D eigenvalue weighted by molar-refractivity contribution is 0.0697. The Hall–Kier alpha value is -2.56. The molecule has 6 heteroatoms. The largest absolute Gasteiger partial charge is 0.478 e. The maximum atomic E-state index is 11.1. The molecule has 24 heavy (non-hydrogen) atoms. The molecular formula is C18H12Cl2N2O2. The minimum atomic E-state index is -0.968. The van der Waals surface area contributed by atoms with E-state index in [9.17, 15) is 4.79 Å². The van der Waals surface area contributed by atoms with Gasteiger partial charge >= 0.3 is 5.97 Å². The van der Waals surface area contributed by atoms with Crippen molar-refractivity contribution >= 4 is 41.1 Å². The molecule has 3 rings (SSSR count). The second-order valence-corrected chi connectivity index (χ2v) is 5.77. The van der Waals surface area contributed by atoms with Gasteiger partial charge in [-0.25, -0.2) is 4.79 Å². The highest BCUT2D eigenvalue weighted by atomic mass is 35.5. The van der Waals surface area contributed by atoms with Crippen LogP contribution in [0.2, 0.25) is 10.0 Å². The number of hydrogen-bond donors (Lipinski definition) is 1. The number of carboxylic acid groups (broad SMARTS) is 1. The number of aromatic carboxylic acids is 1. The molecule has 1 N–H and O–H groups in total. The molecule has 0 fully saturated rings. The van der Waals surface area contributed by atoms with E-state index in [1.54, 1.807) is 42.6 Å². The van der Waals surface area contributed by atoms with Gasteiger partial charge in [-0.05, 0) is 42.5 Å². The molecule has 4 nitrogen and oxygen atoms in total. The van der Waals surface area contributed by atoms with Crippen LogP contribution in [0.15, 0.2) is 65.8 Å². The van der Waals surface area contributed by atoms with Crippen molar-refractivity contribution in [3.63, 3.8) is 0 Å². The zero-order valence-corrected chi connectivity index (χ0v) is 13.9. The number of nitrogens with zero attached hydrogens (tertiary/aromatic N) is 2. The van der Waals surface area contributed by atoms with Gasteiger partial charge in [0.2, 0.25) is 0 Å². The van der Waals surface area contributed by atoms with Crippen molar-refractivity contribution in [3.8, 4) is 5.69 Å². The molecule has 0 aliphatic carbocycles. The molecule has 0 bridgehead atoms. The van der Waals surface area contributed by atoms with Gasteiger partial charge in [0.1, 0.15) is 0 Å². The molecule has 0 saturated heterocycles. The third-order valence-corrected chi connectivity index (χ3v) is 4.23. The lowest BCUT2D eigenvalue weighted by Gasteiger charge is -2.07. The van der Waals surface area contributed by atoms with Crippen LogP contribution < -0.4 is 0 Å². The predicted octanol–water partition coefficient (Wildman–Crippen LogP) is 5.23. The zero-order valence-electron chi connectivity index (χ0n) is 12.4. The number of benzene rings is 2. The Morgan fingerprint density at radius 1 is 1.08 bits per heavy atom. The number of carbonyl (C=O) groups is 1. The molecular weight excluding hydrogens is 347 g/mol. The number of halogens is 2. The minimum absolute atomic E-state index is 0.224. The average molecular weight is 359 g/mol. The van der Waals surface area contributed by atoms with Crippen LogP contribution in [-0.4, -0.2) is 21.9 Å². The Morgan fingerprint density at radius 2 is 1.88 bits per heavy atom. The molecule has 0 amide bonds. The van der Waals surface area contributed by atoms with Crippen LogP contribution in [-0.2, 0) is 0 Å². The Bertz CT molecular complexity index is 932. The fraction of sp³-hybridized carbons (Fsp3) is 0. The quantitative estimate of drug-likeness (QED) is 0.648. The number of carboxylic acids is 1. The third-order valence-electron chi connectivity index (χ3n) is 3.42. The van der Waals surface area contributed by atoms with Crippen LogP contribution in [0.5, 0.6) is 0 Å². The van der Waals surface area contributed by atoms with E-state index in [-0.39, 0.29) is 5.56 Å². The lowest BCUT2D eigenvalue weighted by atomic mass is 10.2. The van der Waals surface area contributed by atoms with Crippen molar-refractivity contribution < 1.29 is 9.90 Å². The van der Waals surface area contributed by atoms with E-state index >= 15 is 0 Å². The highest BCUT2D eigenvalue weighted by Gasteiger charge is 2.07. The van der Waals surface area contributed by atoms with Crippen molar-refractivity contribution in [2.75, 3.05) is 0 Å². The number of rotatable bonds is 4. The first kappa shape index (κ1) is 16.3. The van der Waals surface area contributed by atoms with Crippen molar-refractivity contribution in [1.29, 1.82) is 0 Å². The van der Waals surface area contributed by atoms with Crippen LogP contribution in [0.1, 0.15) is 16.1 Å². The topological polar surface area (TPSA) is 54.6 Å². The van der Waals surface area contributed by atoms with Gasteiger partial charge in [0.15, 0.2) is 0 Å². The normalized spacial score (nSPS) is 11.1. The Balaban J connectivity index is 1.96. The summed E-state index contributed by atoms with van der Waals surface area (Å²) in [5.41, 5.74) is 2.31. The summed E-state index contributed by atoms with van der Waals surface area (Å²) in [6.07, 6.45) is 3.49. The maximum Gasteiger partial charge on any atom is 0.335 e. The smallest absolute Gasteiger partial charge is 0.335 e. The minimum Gasteiger partial charge on any atom is -0.478 e. The number of aliphatic imine (C=N–C) groups is 1. The van der Waals surface area contributed by atoms with Gasteiger partial charge < -0.3 is 9.67 Å². The highest BCUT2D eigenvalue weighted by Crippen LogP contribution is 2.31.